The molecule has 0 aliphatic carbocycles. The molecule has 1 heterocycles. The van der Waals surface area contributed by atoms with Crippen LogP contribution in [0.1, 0.15) is 65.1 Å². The number of aliphatic imine (C=N–C) groups is 1. The van der Waals surface area contributed by atoms with E-state index in [1.807, 2.05) is 30.3 Å². The normalized spacial score (nSPS) is 13.2. The van der Waals surface area contributed by atoms with Gasteiger partial charge in [-0.05, 0) is 51.5 Å². The van der Waals surface area contributed by atoms with Gasteiger partial charge in [-0.3, -0.25) is 29.0 Å². The molecule has 0 bridgehead atoms. The van der Waals surface area contributed by atoms with E-state index >= 15 is 0 Å². The van der Waals surface area contributed by atoms with Crippen LogP contribution in [-0.2, 0) is 36.8 Å². The minimum Gasteiger partial charge on any atom is -0.370 e. The Balaban J connectivity index is 2.18. The second-order valence-corrected chi connectivity index (χ2v) is 12.8. The molecule has 0 saturated heterocycles. The van der Waals surface area contributed by atoms with Gasteiger partial charge in [0.05, 0.1) is 17.2 Å². The van der Waals surface area contributed by atoms with Crippen molar-refractivity contribution in [3.8, 4) is 0 Å². The predicted octanol–water partition coefficient (Wildman–Crippen LogP) is 0.966. The van der Waals surface area contributed by atoms with Crippen LogP contribution in [0.3, 0.4) is 0 Å². The molecule has 0 radical (unpaired) electrons. The zero-order valence-electron chi connectivity index (χ0n) is 26.6. The molecule has 3 atom stereocenters. The van der Waals surface area contributed by atoms with Crippen LogP contribution in [0.15, 0.2) is 46.2 Å². The minimum atomic E-state index is -1.18. The van der Waals surface area contributed by atoms with Crippen molar-refractivity contribution in [1.29, 1.82) is 0 Å². The van der Waals surface area contributed by atoms with Crippen LogP contribution in [0.2, 0.25) is 0 Å². The van der Waals surface area contributed by atoms with E-state index in [9.17, 15) is 24.0 Å². The SMILES string of the molecule is CC(C)[C@H](NC(=O)[C@H](Cc1cscn1)NC(=O)CCc1ccccc1)C(=O)N[C@@H](CCCN=C(N)N)C(=O)C(=O)NC(C)(C)C. The molecule has 1 aromatic heterocycles. The molecule has 0 spiro atoms. The van der Waals surface area contributed by atoms with Crippen LogP contribution in [-0.4, -0.2) is 70.6 Å². The van der Waals surface area contributed by atoms with E-state index in [2.05, 4.69) is 31.2 Å². The fourth-order valence-corrected chi connectivity index (χ4v) is 4.88. The maximum Gasteiger partial charge on any atom is 0.290 e. The van der Waals surface area contributed by atoms with E-state index in [1.165, 1.54) is 11.3 Å². The highest BCUT2D eigenvalue weighted by molar-refractivity contribution is 7.07. The Morgan fingerprint density at radius 2 is 1.64 bits per heavy atom. The van der Waals surface area contributed by atoms with Crippen molar-refractivity contribution < 1.29 is 24.0 Å². The van der Waals surface area contributed by atoms with Gasteiger partial charge >= 0.3 is 0 Å². The third-order valence-corrected chi connectivity index (χ3v) is 7.20. The first kappa shape index (κ1) is 36.9. The van der Waals surface area contributed by atoms with E-state index < -0.39 is 53.1 Å². The number of benzene rings is 1. The van der Waals surface area contributed by atoms with Crippen LogP contribution in [0.25, 0.3) is 0 Å². The zero-order valence-corrected chi connectivity index (χ0v) is 27.4. The van der Waals surface area contributed by atoms with Crippen molar-refractivity contribution in [2.45, 2.75) is 90.4 Å². The molecule has 4 amide bonds. The molecule has 1 aromatic carbocycles. The third-order valence-electron chi connectivity index (χ3n) is 6.57. The summed E-state index contributed by atoms with van der Waals surface area (Å²) in [5, 5.41) is 12.6. The lowest BCUT2D eigenvalue weighted by molar-refractivity contribution is -0.141. The predicted molar refractivity (Wildman–Crippen MR) is 174 cm³/mol. The number of thiazole rings is 1. The van der Waals surface area contributed by atoms with Gasteiger partial charge in [-0.2, -0.15) is 0 Å². The van der Waals surface area contributed by atoms with Gasteiger partial charge in [0.25, 0.3) is 5.91 Å². The Morgan fingerprint density at radius 1 is 0.956 bits per heavy atom. The summed E-state index contributed by atoms with van der Waals surface area (Å²) in [5.74, 6) is -3.74. The van der Waals surface area contributed by atoms with E-state index in [0.717, 1.165) is 5.56 Å². The maximum atomic E-state index is 13.6. The summed E-state index contributed by atoms with van der Waals surface area (Å²) in [6.45, 7) is 8.86. The number of carbonyl (C=O) groups is 5. The minimum absolute atomic E-state index is 0.0849. The molecule has 14 heteroatoms. The molecule has 45 heavy (non-hydrogen) atoms. The van der Waals surface area contributed by atoms with Gasteiger partial charge in [-0.25, -0.2) is 4.98 Å². The Morgan fingerprint density at radius 3 is 2.22 bits per heavy atom. The molecule has 0 aliphatic rings. The standard InChI is InChI=1S/C31H46N8O5S/c1-19(2)25(28(43)37-22(12-9-15-34-30(32)33)26(41)29(44)39-31(3,4)5)38-27(42)23(16-21-17-45-18-35-21)36-24(40)14-13-20-10-7-6-8-11-20/h6-8,10-11,17-19,22-23,25H,9,12-16H2,1-5H3,(H,36,40)(H,37,43)(H,38,42)(H,39,44)(H4,32,33,34)/t22-,23-,25-/m0/s1. The molecule has 0 unspecified atom stereocenters. The Labute approximate surface area is 268 Å². The summed E-state index contributed by atoms with van der Waals surface area (Å²) in [7, 11) is 0. The van der Waals surface area contributed by atoms with Crippen LogP contribution in [0.5, 0.6) is 0 Å². The van der Waals surface area contributed by atoms with Gasteiger partial charge in [0.15, 0.2) is 5.96 Å². The van der Waals surface area contributed by atoms with Gasteiger partial charge < -0.3 is 32.7 Å². The molecule has 2 rings (SSSR count). The monoisotopic (exact) mass is 642 g/mol. The van der Waals surface area contributed by atoms with Gasteiger partial charge in [-0.1, -0.05) is 44.2 Å². The number of amides is 4. The molecule has 2 aromatic rings. The molecule has 0 saturated carbocycles. The lowest BCUT2D eigenvalue weighted by Crippen LogP contribution is -2.59. The molecule has 246 valence electrons. The lowest BCUT2D eigenvalue weighted by atomic mass is 9.99. The fourth-order valence-electron chi connectivity index (χ4n) is 4.31. The second kappa shape index (κ2) is 17.8. The number of ketones is 1. The quantitative estimate of drug-likeness (QED) is 0.0632. The highest BCUT2D eigenvalue weighted by atomic mass is 32.1. The number of aromatic nitrogens is 1. The van der Waals surface area contributed by atoms with Gasteiger partial charge in [0, 0.05) is 30.3 Å². The van der Waals surface area contributed by atoms with Crippen molar-refractivity contribution >= 4 is 46.7 Å². The van der Waals surface area contributed by atoms with Gasteiger partial charge in [0.2, 0.25) is 23.5 Å². The number of nitrogens with zero attached hydrogens (tertiary/aromatic N) is 2. The Bertz CT molecular complexity index is 1300. The topological polar surface area (TPSA) is 211 Å². The summed E-state index contributed by atoms with van der Waals surface area (Å²) in [5.41, 5.74) is 13.3. The van der Waals surface area contributed by atoms with Crippen molar-refractivity contribution in [3.05, 3.63) is 52.5 Å². The highest BCUT2D eigenvalue weighted by Gasteiger charge is 2.34. The van der Waals surface area contributed by atoms with Crippen LogP contribution in [0, 0.1) is 5.92 Å². The van der Waals surface area contributed by atoms with Crippen molar-refractivity contribution in [2.75, 3.05) is 6.54 Å². The van der Waals surface area contributed by atoms with Crippen LogP contribution < -0.4 is 32.7 Å². The summed E-state index contributed by atoms with van der Waals surface area (Å²) in [6, 6.07) is 6.26. The average Bonchev–Trinajstić information content (AvgIpc) is 3.48. The second-order valence-electron chi connectivity index (χ2n) is 12.1. The first-order chi connectivity index (χ1) is 21.2. The number of nitrogens with one attached hydrogen (secondary N) is 4. The van der Waals surface area contributed by atoms with E-state index in [1.54, 1.807) is 45.5 Å². The highest BCUT2D eigenvalue weighted by Crippen LogP contribution is 2.10. The number of carbonyl (C=O) groups excluding carboxylic acids is 5. The molecule has 0 fully saturated rings. The summed E-state index contributed by atoms with van der Waals surface area (Å²) < 4.78 is 0. The number of nitrogens with two attached hydrogens (primary N) is 2. The zero-order chi connectivity index (χ0) is 33.6. The maximum absolute atomic E-state index is 13.6. The number of hydrogen-bond donors (Lipinski definition) is 6. The first-order valence-electron chi connectivity index (χ1n) is 14.9. The Kier molecular flexibility index (Phi) is 14.6. The van der Waals surface area contributed by atoms with Crippen molar-refractivity contribution in [2.24, 2.45) is 22.4 Å². The van der Waals surface area contributed by atoms with Crippen molar-refractivity contribution in [1.82, 2.24) is 26.3 Å². The van der Waals surface area contributed by atoms with E-state index in [4.69, 9.17) is 11.5 Å². The van der Waals surface area contributed by atoms with Gasteiger partial charge in [0.1, 0.15) is 12.1 Å². The fraction of sp³-hybridized carbons (Fsp3) is 0.516. The summed E-state index contributed by atoms with van der Waals surface area (Å²) in [4.78, 5) is 73.9. The summed E-state index contributed by atoms with van der Waals surface area (Å²) in [6.07, 6.45) is 1.18. The molecule has 13 nitrogen and oxygen atoms in total. The number of Topliss-reactive ketones (excluding diaryl/α,β-unsaturated/α-hetero) is 1. The molecule has 8 N–H and O–H groups in total. The molecular weight excluding hydrogens is 596 g/mol. The largest absolute Gasteiger partial charge is 0.370 e. The lowest BCUT2D eigenvalue weighted by Gasteiger charge is -2.27. The smallest absolute Gasteiger partial charge is 0.290 e. The Hall–Kier alpha value is -4.33. The van der Waals surface area contributed by atoms with Crippen LogP contribution in [0.4, 0.5) is 0 Å². The van der Waals surface area contributed by atoms with Crippen molar-refractivity contribution in [3.63, 3.8) is 0 Å². The van der Waals surface area contributed by atoms with Gasteiger partial charge in [-0.15, -0.1) is 11.3 Å². The average molecular weight is 643 g/mol. The number of rotatable bonds is 17. The first-order valence-corrected chi connectivity index (χ1v) is 15.8. The number of aryl methyl sites for hydroxylation is 1. The number of hydrogen-bond acceptors (Lipinski definition) is 8. The molecular formula is C31H46N8O5S. The third kappa shape index (κ3) is 13.9. The van der Waals surface area contributed by atoms with E-state index in [0.29, 0.717) is 18.5 Å². The molecule has 0 aliphatic heterocycles. The number of guanidine groups is 1. The summed E-state index contributed by atoms with van der Waals surface area (Å²) >= 11 is 1.36. The van der Waals surface area contributed by atoms with Crippen LogP contribution >= 0.6 is 11.3 Å². The van der Waals surface area contributed by atoms with E-state index in [-0.39, 0.29) is 37.7 Å².